The Balaban J connectivity index is 4.26. The average Bonchev–Trinajstić information content (AvgIpc) is 2.37. The molecule has 3 heteroatoms. The summed E-state index contributed by atoms with van der Waals surface area (Å²) in [5.74, 6) is 0. The van der Waals surface area contributed by atoms with Crippen LogP contribution < -0.4 is 0 Å². The van der Waals surface area contributed by atoms with Gasteiger partial charge in [-0.05, 0) is 54.6 Å². The number of ether oxygens (including phenoxy) is 1. The monoisotopic (exact) mass is 272 g/mol. The maximum atomic E-state index is 6.16. The summed E-state index contributed by atoms with van der Waals surface area (Å²) in [6.45, 7) is 13.3. The molecular formula is C16H36N2O. The predicted molar refractivity (Wildman–Crippen MR) is 84.3 cm³/mol. The quantitative estimate of drug-likeness (QED) is 0.560. The molecule has 0 saturated heterocycles. The van der Waals surface area contributed by atoms with Crippen molar-refractivity contribution in [3.63, 3.8) is 0 Å². The van der Waals surface area contributed by atoms with Gasteiger partial charge in [-0.3, -0.25) is 9.80 Å². The van der Waals surface area contributed by atoms with Crippen LogP contribution >= 0.6 is 0 Å². The number of nitrogens with zero attached hydrogens (tertiary/aromatic N) is 2. The van der Waals surface area contributed by atoms with Crippen LogP contribution in [0.1, 0.15) is 67.2 Å². The fourth-order valence-corrected chi connectivity index (χ4v) is 2.44. The first-order valence-corrected chi connectivity index (χ1v) is 7.94. The van der Waals surface area contributed by atoms with Crippen LogP contribution in [0.5, 0.6) is 0 Å². The molecule has 0 saturated carbocycles. The van der Waals surface area contributed by atoms with E-state index in [1.54, 1.807) is 0 Å². The second kappa shape index (κ2) is 9.73. The smallest absolute Gasteiger partial charge is 0.109 e. The van der Waals surface area contributed by atoms with E-state index in [4.69, 9.17) is 4.74 Å². The van der Waals surface area contributed by atoms with Gasteiger partial charge in [-0.1, -0.05) is 26.7 Å². The Morgan fingerprint density at radius 3 is 1.32 bits per heavy atom. The summed E-state index contributed by atoms with van der Waals surface area (Å²) in [5.41, 5.74) is 0. The van der Waals surface area contributed by atoms with Crippen LogP contribution in [-0.4, -0.2) is 48.4 Å². The molecule has 0 rings (SSSR count). The van der Waals surface area contributed by atoms with Gasteiger partial charge in [0, 0.05) is 12.1 Å². The van der Waals surface area contributed by atoms with Crippen molar-refractivity contribution in [3.8, 4) is 0 Å². The van der Waals surface area contributed by atoms with Crippen LogP contribution in [0, 0.1) is 0 Å². The van der Waals surface area contributed by atoms with E-state index in [0.29, 0.717) is 12.1 Å². The Morgan fingerprint density at radius 1 is 0.737 bits per heavy atom. The molecule has 0 aliphatic heterocycles. The zero-order valence-corrected chi connectivity index (χ0v) is 14.4. The lowest BCUT2D eigenvalue weighted by Crippen LogP contribution is -2.45. The summed E-state index contributed by atoms with van der Waals surface area (Å²) in [4.78, 5) is 4.66. The van der Waals surface area contributed by atoms with Crippen LogP contribution in [0.2, 0.25) is 0 Å². The lowest BCUT2D eigenvalue weighted by Gasteiger charge is -2.37. The van der Waals surface area contributed by atoms with Gasteiger partial charge in [-0.2, -0.15) is 0 Å². The Kier molecular flexibility index (Phi) is 9.67. The zero-order valence-electron chi connectivity index (χ0n) is 14.4. The molecule has 0 spiro atoms. The molecule has 0 heterocycles. The molecule has 0 bridgehead atoms. The SMILES string of the molecule is CCCC(C)N(C)C(C)OC(C)N(C)C(C)CCC. The van der Waals surface area contributed by atoms with Crippen molar-refractivity contribution in [2.45, 2.75) is 91.8 Å². The molecular weight excluding hydrogens is 236 g/mol. The van der Waals surface area contributed by atoms with Gasteiger partial charge in [0.1, 0.15) is 12.5 Å². The Hall–Kier alpha value is -0.120. The first-order chi connectivity index (χ1) is 8.84. The number of rotatable bonds is 10. The molecule has 0 amide bonds. The standard InChI is InChI=1S/C16H36N2O/c1-9-11-13(3)17(7)15(5)19-16(6)18(8)14(4)12-10-2/h13-16H,9-12H2,1-8H3. The number of hydrogen-bond donors (Lipinski definition) is 0. The van der Waals surface area contributed by atoms with E-state index in [1.807, 2.05) is 0 Å². The van der Waals surface area contributed by atoms with Crippen LogP contribution in [0.15, 0.2) is 0 Å². The van der Waals surface area contributed by atoms with E-state index in [0.717, 1.165) is 0 Å². The molecule has 0 fully saturated rings. The predicted octanol–water partition coefficient (Wildman–Crippen LogP) is 3.94. The van der Waals surface area contributed by atoms with Gasteiger partial charge in [-0.25, -0.2) is 0 Å². The molecule has 0 aliphatic rings. The maximum absolute atomic E-state index is 6.16. The van der Waals surface area contributed by atoms with Crippen molar-refractivity contribution >= 4 is 0 Å². The van der Waals surface area contributed by atoms with Gasteiger partial charge in [0.05, 0.1) is 0 Å². The second-order valence-electron chi connectivity index (χ2n) is 5.94. The molecule has 4 atom stereocenters. The fourth-order valence-electron chi connectivity index (χ4n) is 2.44. The molecule has 0 aromatic carbocycles. The third-order valence-electron chi connectivity index (χ3n) is 4.34. The molecule has 0 radical (unpaired) electrons. The van der Waals surface area contributed by atoms with Gasteiger partial charge >= 0.3 is 0 Å². The Labute approximate surface area is 121 Å². The van der Waals surface area contributed by atoms with Crippen LogP contribution in [-0.2, 0) is 4.74 Å². The Morgan fingerprint density at radius 2 is 1.05 bits per heavy atom. The van der Waals surface area contributed by atoms with E-state index in [2.05, 4.69) is 65.4 Å². The normalized spacial score (nSPS) is 18.6. The molecule has 116 valence electrons. The Bertz CT molecular complexity index is 201. The second-order valence-corrected chi connectivity index (χ2v) is 5.94. The zero-order chi connectivity index (χ0) is 15.0. The summed E-state index contributed by atoms with van der Waals surface area (Å²) in [5, 5.41) is 0. The summed E-state index contributed by atoms with van der Waals surface area (Å²) in [6.07, 6.45) is 5.21. The summed E-state index contributed by atoms with van der Waals surface area (Å²) in [6, 6.07) is 1.15. The first kappa shape index (κ1) is 18.9. The van der Waals surface area contributed by atoms with E-state index in [9.17, 15) is 0 Å². The van der Waals surface area contributed by atoms with Crippen molar-refractivity contribution in [3.05, 3.63) is 0 Å². The fraction of sp³-hybridized carbons (Fsp3) is 1.00. The largest absolute Gasteiger partial charge is 0.345 e. The van der Waals surface area contributed by atoms with Crippen LogP contribution in [0.4, 0.5) is 0 Å². The molecule has 4 unspecified atom stereocenters. The third kappa shape index (κ3) is 6.73. The van der Waals surface area contributed by atoms with E-state index < -0.39 is 0 Å². The van der Waals surface area contributed by atoms with Gasteiger partial charge in [0.25, 0.3) is 0 Å². The third-order valence-corrected chi connectivity index (χ3v) is 4.34. The van der Waals surface area contributed by atoms with Crippen molar-refractivity contribution in [2.75, 3.05) is 14.1 Å². The van der Waals surface area contributed by atoms with Gasteiger partial charge in [0.15, 0.2) is 0 Å². The van der Waals surface area contributed by atoms with Crippen LogP contribution in [0.25, 0.3) is 0 Å². The highest BCUT2D eigenvalue weighted by Crippen LogP contribution is 2.14. The topological polar surface area (TPSA) is 15.7 Å². The van der Waals surface area contributed by atoms with Crippen molar-refractivity contribution in [2.24, 2.45) is 0 Å². The van der Waals surface area contributed by atoms with E-state index in [-0.39, 0.29) is 12.5 Å². The summed E-state index contributed by atoms with van der Waals surface area (Å²) >= 11 is 0. The van der Waals surface area contributed by atoms with Gasteiger partial charge < -0.3 is 4.74 Å². The van der Waals surface area contributed by atoms with Crippen molar-refractivity contribution in [1.29, 1.82) is 0 Å². The van der Waals surface area contributed by atoms with Gasteiger partial charge in [-0.15, -0.1) is 0 Å². The molecule has 0 aromatic heterocycles. The summed E-state index contributed by atoms with van der Waals surface area (Å²) in [7, 11) is 4.32. The highest BCUT2D eigenvalue weighted by Gasteiger charge is 2.21. The molecule has 0 aliphatic carbocycles. The van der Waals surface area contributed by atoms with Crippen molar-refractivity contribution in [1.82, 2.24) is 9.80 Å². The van der Waals surface area contributed by atoms with Crippen molar-refractivity contribution < 1.29 is 4.74 Å². The average molecular weight is 272 g/mol. The molecule has 3 nitrogen and oxygen atoms in total. The summed E-state index contributed by atoms with van der Waals surface area (Å²) < 4.78 is 6.16. The maximum Gasteiger partial charge on any atom is 0.109 e. The minimum atomic E-state index is 0.160. The van der Waals surface area contributed by atoms with Crippen LogP contribution in [0.3, 0.4) is 0 Å². The molecule has 0 aromatic rings. The minimum Gasteiger partial charge on any atom is -0.345 e. The molecule has 0 N–H and O–H groups in total. The highest BCUT2D eigenvalue weighted by atomic mass is 16.5. The lowest BCUT2D eigenvalue weighted by molar-refractivity contribution is -0.143. The lowest BCUT2D eigenvalue weighted by atomic mass is 10.1. The molecule has 19 heavy (non-hydrogen) atoms. The van der Waals surface area contributed by atoms with E-state index in [1.165, 1.54) is 25.7 Å². The first-order valence-electron chi connectivity index (χ1n) is 7.94. The minimum absolute atomic E-state index is 0.160. The van der Waals surface area contributed by atoms with E-state index >= 15 is 0 Å². The highest BCUT2D eigenvalue weighted by molar-refractivity contribution is 4.68. The number of hydrogen-bond acceptors (Lipinski definition) is 3. The van der Waals surface area contributed by atoms with Gasteiger partial charge in [0.2, 0.25) is 0 Å².